The first-order chi connectivity index (χ1) is 32.2. The van der Waals surface area contributed by atoms with Crippen molar-refractivity contribution >= 4 is 33.0 Å². The molecule has 0 atom stereocenters. The predicted molar refractivity (Wildman–Crippen MR) is 259 cm³/mol. The van der Waals surface area contributed by atoms with Crippen molar-refractivity contribution in [1.29, 1.82) is 0 Å². The average molecular weight is 833 g/mol. The monoisotopic (exact) mass is 832 g/mol. The number of para-hydroxylation sites is 1. The Morgan fingerprint density at radius 2 is 0.815 bits per heavy atom. The highest BCUT2D eigenvalue weighted by molar-refractivity contribution is 6.06. The SMILES string of the molecule is c1ccc(-c2nc(-c3ccc(-c4ccc(C5(c6ccc7nc(-c8ccccc8)oc7c6)c6ccccc6-c6ccccc65)cc4)cc3)nc(-c3ccc4oc5ccccc5c4c3)n2)cc1. The van der Waals surface area contributed by atoms with Crippen LogP contribution in [0.15, 0.2) is 227 Å². The molecule has 12 aromatic rings. The van der Waals surface area contributed by atoms with Crippen LogP contribution in [-0.2, 0) is 5.41 Å². The zero-order valence-corrected chi connectivity index (χ0v) is 34.9. The van der Waals surface area contributed by atoms with Gasteiger partial charge in [0.05, 0.1) is 5.41 Å². The molecule has 3 heterocycles. The van der Waals surface area contributed by atoms with E-state index in [1.807, 2.05) is 91.0 Å². The van der Waals surface area contributed by atoms with Crippen molar-refractivity contribution in [2.24, 2.45) is 0 Å². The molecule has 13 rings (SSSR count). The van der Waals surface area contributed by atoms with E-state index >= 15 is 0 Å². The maximum atomic E-state index is 6.49. The predicted octanol–water partition coefficient (Wildman–Crippen LogP) is 14.6. The molecule has 0 saturated heterocycles. The molecular formula is C59H36N4O2. The number of aromatic nitrogens is 4. The minimum Gasteiger partial charge on any atom is -0.456 e. The lowest BCUT2D eigenvalue weighted by atomic mass is 9.67. The van der Waals surface area contributed by atoms with Crippen molar-refractivity contribution in [2.45, 2.75) is 5.41 Å². The summed E-state index contributed by atoms with van der Waals surface area (Å²) in [5, 5.41) is 2.08. The molecule has 6 nitrogen and oxygen atoms in total. The van der Waals surface area contributed by atoms with E-state index in [2.05, 4.69) is 127 Å². The number of hydrogen-bond donors (Lipinski definition) is 0. The number of rotatable bonds is 7. The largest absolute Gasteiger partial charge is 0.456 e. The highest BCUT2D eigenvalue weighted by atomic mass is 16.3. The van der Waals surface area contributed by atoms with Crippen LogP contribution in [-0.4, -0.2) is 19.9 Å². The van der Waals surface area contributed by atoms with Crippen LogP contribution in [0, 0.1) is 0 Å². The molecular weight excluding hydrogens is 797 g/mol. The molecule has 9 aromatic carbocycles. The Morgan fingerprint density at radius 3 is 1.51 bits per heavy atom. The van der Waals surface area contributed by atoms with Crippen molar-refractivity contribution < 1.29 is 8.83 Å². The van der Waals surface area contributed by atoms with Gasteiger partial charge >= 0.3 is 0 Å². The minimum atomic E-state index is -0.592. The topological polar surface area (TPSA) is 77.8 Å². The fraction of sp³-hybridized carbons (Fsp3) is 0.0169. The van der Waals surface area contributed by atoms with Crippen molar-refractivity contribution in [2.75, 3.05) is 0 Å². The zero-order valence-electron chi connectivity index (χ0n) is 34.9. The number of hydrogen-bond acceptors (Lipinski definition) is 6. The van der Waals surface area contributed by atoms with Crippen LogP contribution in [0.25, 0.3) is 101 Å². The van der Waals surface area contributed by atoms with Gasteiger partial charge in [-0.05, 0) is 93.0 Å². The molecule has 6 heteroatoms. The first-order valence-electron chi connectivity index (χ1n) is 21.8. The number of furan rings is 1. The second kappa shape index (κ2) is 14.7. The fourth-order valence-electron chi connectivity index (χ4n) is 9.83. The van der Waals surface area contributed by atoms with Crippen molar-refractivity contribution in [1.82, 2.24) is 19.9 Å². The van der Waals surface area contributed by atoms with Gasteiger partial charge in [0.2, 0.25) is 5.89 Å². The zero-order chi connectivity index (χ0) is 42.9. The number of nitrogens with zero attached hydrogens (tertiary/aromatic N) is 4. The lowest BCUT2D eigenvalue weighted by Crippen LogP contribution is -2.28. The van der Waals surface area contributed by atoms with Crippen molar-refractivity contribution in [3.63, 3.8) is 0 Å². The van der Waals surface area contributed by atoms with Crippen molar-refractivity contribution in [3.8, 4) is 67.9 Å². The van der Waals surface area contributed by atoms with Crippen LogP contribution in [0.3, 0.4) is 0 Å². The van der Waals surface area contributed by atoms with Gasteiger partial charge in [-0.1, -0.05) is 170 Å². The summed E-state index contributed by atoms with van der Waals surface area (Å²) in [5.74, 6) is 2.44. The molecule has 0 spiro atoms. The van der Waals surface area contributed by atoms with Gasteiger partial charge in [0.1, 0.15) is 16.7 Å². The highest BCUT2D eigenvalue weighted by Gasteiger charge is 2.46. The van der Waals surface area contributed by atoms with Gasteiger partial charge in [-0.25, -0.2) is 19.9 Å². The fourth-order valence-corrected chi connectivity index (χ4v) is 9.83. The molecule has 0 radical (unpaired) electrons. The third-order valence-corrected chi connectivity index (χ3v) is 12.9. The lowest BCUT2D eigenvalue weighted by molar-refractivity contribution is 0.618. The normalized spacial score (nSPS) is 12.7. The Kier molecular flexibility index (Phi) is 8.33. The molecule has 0 bridgehead atoms. The Hall–Kier alpha value is -8.74. The molecule has 0 saturated carbocycles. The van der Waals surface area contributed by atoms with E-state index in [4.69, 9.17) is 28.8 Å². The van der Waals surface area contributed by atoms with Crippen LogP contribution >= 0.6 is 0 Å². The minimum absolute atomic E-state index is 0.592. The third-order valence-electron chi connectivity index (χ3n) is 12.9. The smallest absolute Gasteiger partial charge is 0.227 e. The highest BCUT2D eigenvalue weighted by Crippen LogP contribution is 2.56. The summed E-state index contributed by atoms with van der Waals surface area (Å²) in [5.41, 5.74) is 15.8. The Morgan fingerprint density at radius 1 is 0.308 bits per heavy atom. The van der Waals surface area contributed by atoms with E-state index in [1.54, 1.807) is 0 Å². The summed E-state index contributed by atoms with van der Waals surface area (Å²) in [6.45, 7) is 0. The first kappa shape index (κ1) is 36.9. The molecule has 1 aliphatic rings. The summed E-state index contributed by atoms with van der Waals surface area (Å²) in [6, 6.07) is 76.0. The molecule has 65 heavy (non-hydrogen) atoms. The molecule has 0 N–H and O–H groups in total. The Bertz CT molecular complexity index is 3720. The van der Waals surface area contributed by atoms with Crippen LogP contribution in [0.4, 0.5) is 0 Å². The van der Waals surface area contributed by atoms with Gasteiger partial charge in [0.15, 0.2) is 23.1 Å². The molecule has 304 valence electrons. The summed E-state index contributed by atoms with van der Waals surface area (Å²) in [4.78, 5) is 20.0. The van der Waals surface area contributed by atoms with Crippen LogP contribution < -0.4 is 0 Å². The van der Waals surface area contributed by atoms with Crippen molar-refractivity contribution in [3.05, 3.63) is 241 Å². The summed E-state index contributed by atoms with van der Waals surface area (Å²) < 4.78 is 12.6. The maximum Gasteiger partial charge on any atom is 0.227 e. The van der Waals surface area contributed by atoms with E-state index in [1.165, 1.54) is 27.8 Å². The van der Waals surface area contributed by atoms with Gasteiger partial charge in [-0.2, -0.15) is 0 Å². The second-order valence-corrected chi connectivity index (χ2v) is 16.5. The van der Waals surface area contributed by atoms with E-state index in [9.17, 15) is 0 Å². The molecule has 3 aromatic heterocycles. The van der Waals surface area contributed by atoms with E-state index in [-0.39, 0.29) is 0 Å². The lowest BCUT2D eigenvalue weighted by Gasteiger charge is -2.34. The van der Waals surface area contributed by atoms with E-state index in [0.717, 1.165) is 72.0 Å². The third kappa shape index (κ3) is 5.95. The second-order valence-electron chi connectivity index (χ2n) is 16.5. The number of fused-ring (bicyclic) bond motifs is 7. The quantitative estimate of drug-likeness (QED) is 0.159. The van der Waals surface area contributed by atoms with Gasteiger partial charge in [-0.3, -0.25) is 0 Å². The Balaban J connectivity index is 0.889. The van der Waals surface area contributed by atoms with Gasteiger partial charge in [0.25, 0.3) is 0 Å². The maximum absolute atomic E-state index is 6.49. The van der Waals surface area contributed by atoms with E-state index < -0.39 is 5.41 Å². The van der Waals surface area contributed by atoms with Crippen LogP contribution in [0.1, 0.15) is 22.3 Å². The number of oxazole rings is 1. The summed E-state index contributed by atoms with van der Waals surface area (Å²) in [6.07, 6.45) is 0. The van der Waals surface area contributed by atoms with Gasteiger partial charge in [0, 0.05) is 33.0 Å². The molecule has 0 unspecified atom stereocenters. The summed E-state index contributed by atoms with van der Waals surface area (Å²) >= 11 is 0. The van der Waals surface area contributed by atoms with Crippen LogP contribution in [0.5, 0.6) is 0 Å². The molecule has 0 aliphatic heterocycles. The van der Waals surface area contributed by atoms with Crippen LogP contribution in [0.2, 0.25) is 0 Å². The summed E-state index contributed by atoms with van der Waals surface area (Å²) in [7, 11) is 0. The molecule has 1 aliphatic carbocycles. The molecule has 0 amide bonds. The molecule has 0 fully saturated rings. The number of benzene rings is 9. The first-order valence-corrected chi connectivity index (χ1v) is 21.8. The Labute approximate surface area is 374 Å². The average Bonchev–Trinajstić information content (AvgIpc) is 4.07. The van der Waals surface area contributed by atoms with Gasteiger partial charge < -0.3 is 8.83 Å². The van der Waals surface area contributed by atoms with E-state index in [0.29, 0.717) is 23.4 Å². The van der Waals surface area contributed by atoms with Gasteiger partial charge in [-0.15, -0.1) is 0 Å². The standard InChI is InChI=1S/C59H36N4O2/c1-3-13-39(14-4-1)55-61-56(63-57(62-55)42-29-34-53-48(35-42)47-19-9-12-22-52(47)64-53)40-25-23-37(24-26-40)38-27-30-43(31-28-38)59(49-20-10-7-17-45(49)46-18-8-11-21-50(46)59)44-32-33-51-54(36-44)65-58(60-51)41-15-5-2-6-16-41/h1-36H.